The normalized spacial score (nSPS) is 11.9. The van der Waals surface area contributed by atoms with Gasteiger partial charge in [-0.25, -0.2) is 9.59 Å². The topological polar surface area (TPSA) is 87.7 Å². The van der Waals surface area contributed by atoms with Gasteiger partial charge in [0.15, 0.2) is 0 Å². The molecule has 0 unspecified atom stereocenters. The maximum atomic E-state index is 11.9. The van der Waals surface area contributed by atoms with Crippen LogP contribution in [0.25, 0.3) is 0 Å². The number of anilines is 1. The Bertz CT molecular complexity index is 514. The lowest BCUT2D eigenvalue weighted by atomic mass is 10.0. The Balaban J connectivity index is 2.70. The van der Waals surface area contributed by atoms with E-state index in [1.807, 2.05) is 20.8 Å². The molecule has 0 bridgehead atoms. The van der Waals surface area contributed by atoms with E-state index in [-0.39, 0.29) is 5.92 Å². The molecule has 0 saturated heterocycles. The van der Waals surface area contributed by atoms with E-state index in [1.165, 1.54) is 0 Å². The van der Waals surface area contributed by atoms with E-state index in [0.717, 1.165) is 5.56 Å². The van der Waals surface area contributed by atoms with Gasteiger partial charge in [0, 0.05) is 5.69 Å². The van der Waals surface area contributed by atoms with E-state index in [9.17, 15) is 9.59 Å². The van der Waals surface area contributed by atoms with Crippen molar-refractivity contribution in [2.75, 3.05) is 12.4 Å². The first kappa shape index (κ1) is 16.8. The van der Waals surface area contributed by atoms with Gasteiger partial charge in [-0.15, -0.1) is 0 Å². The molecule has 1 aromatic carbocycles. The van der Waals surface area contributed by atoms with Gasteiger partial charge in [0.2, 0.25) is 0 Å². The van der Waals surface area contributed by atoms with Crippen molar-refractivity contribution in [2.45, 2.75) is 33.2 Å². The molecule has 0 heterocycles. The minimum atomic E-state index is -1.04. The van der Waals surface area contributed by atoms with Gasteiger partial charge in [-0.05, 0) is 43.0 Å². The van der Waals surface area contributed by atoms with Crippen LogP contribution in [0.15, 0.2) is 18.2 Å². The number of benzene rings is 1. The molecule has 0 saturated carbocycles. The molecule has 6 heteroatoms. The lowest BCUT2D eigenvalue weighted by Crippen LogP contribution is -2.43. The Labute approximate surface area is 124 Å². The van der Waals surface area contributed by atoms with Crippen molar-refractivity contribution < 1.29 is 19.4 Å². The maximum absolute atomic E-state index is 11.9. The van der Waals surface area contributed by atoms with E-state index in [4.69, 9.17) is 9.84 Å². The van der Waals surface area contributed by atoms with Crippen molar-refractivity contribution in [3.8, 4) is 5.75 Å². The summed E-state index contributed by atoms with van der Waals surface area (Å²) in [5, 5.41) is 14.2. The van der Waals surface area contributed by atoms with Crippen molar-refractivity contribution >= 4 is 17.7 Å². The fraction of sp³-hybridized carbons (Fsp3) is 0.467. The van der Waals surface area contributed by atoms with E-state index >= 15 is 0 Å². The molecule has 0 aliphatic carbocycles. The highest BCUT2D eigenvalue weighted by Crippen LogP contribution is 2.20. The Kier molecular flexibility index (Phi) is 6.02. The third-order valence-electron chi connectivity index (χ3n) is 2.99. The maximum Gasteiger partial charge on any atom is 0.326 e. The van der Waals surface area contributed by atoms with Crippen LogP contribution in [0.2, 0.25) is 0 Å². The number of carboxylic acid groups (broad SMARTS) is 1. The summed E-state index contributed by atoms with van der Waals surface area (Å²) in [5.74, 6) is -0.166. The number of carbonyl (C=O) groups excluding carboxylic acids is 1. The van der Waals surface area contributed by atoms with Gasteiger partial charge >= 0.3 is 12.0 Å². The lowest BCUT2D eigenvalue weighted by Gasteiger charge is -2.17. The zero-order valence-electron chi connectivity index (χ0n) is 12.8. The van der Waals surface area contributed by atoms with Gasteiger partial charge in [-0.1, -0.05) is 13.8 Å². The Morgan fingerprint density at radius 3 is 2.48 bits per heavy atom. The second kappa shape index (κ2) is 7.52. The van der Waals surface area contributed by atoms with Gasteiger partial charge < -0.3 is 20.5 Å². The first-order valence-electron chi connectivity index (χ1n) is 6.78. The van der Waals surface area contributed by atoms with Gasteiger partial charge in [-0.3, -0.25) is 0 Å². The van der Waals surface area contributed by atoms with Gasteiger partial charge in [0.25, 0.3) is 0 Å². The molecule has 6 nitrogen and oxygen atoms in total. The number of carboxylic acids is 1. The number of hydrogen-bond acceptors (Lipinski definition) is 3. The summed E-state index contributed by atoms with van der Waals surface area (Å²) >= 11 is 0. The zero-order valence-corrected chi connectivity index (χ0v) is 12.8. The number of amides is 2. The van der Waals surface area contributed by atoms with Crippen LogP contribution < -0.4 is 15.4 Å². The van der Waals surface area contributed by atoms with E-state index in [2.05, 4.69) is 10.6 Å². The zero-order chi connectivity index (χ0) is 16.0. The van der Waals surface area contributed by atoms with Crippen molar-refractivity contribution in [1.82, 2.24) is 5.32 Å². The molecule has 1 aromatic rings. The first-order valence-corrected chi connectivity index (χ1v) is 6.78. The molecule has 1 atom stereocenters. The molecular weight excluding hydrogens is 272 g/mol. The molecule has 1 rings (SSSR count). The molecule has 0 spiro atoms. The summed E-state index contributed by atoms with van der Waals surface area (Å²) in [6.45, 7) is 5.65. The molecule has 116 valence electrons. The lowest BCUT2D eigenvalue weighted by molar-refractivity contribution is -0.139. The molecule has 0 aliphatic rings. The van der Waals surface area contributed by atoms with Crippen LogP contribution in [0.4, 0.5) is 10.5 Å². The SMILES string of the molecule is COc1ccc(NC(=O)N[C@@H](CC(C)C)C(=O)O)c(C)c1. The second-order valence-electron chi connectivity index (χ2n) is 5.30. The minimum Gasteiger partial charge on any atom is -0.497 e. The van der Waals surface area contributed by atoms with E-state index in [1.54, 1.807) is 25.3 Å². The Morgan fingerprint density at radius 2 is 2.00 bits per heavy atom. The van der Waals surface area contributed by atoms with E-state index < -0.39 is 18.0 Å². The van der Waals surface area contributed by atoms with Crippen LogP contribution in [-0.2, 0) is 4.79 Å². The highest BCUT2D eigenvalue weighted by atomic mass is 16.5. The predicted molar refractivity (Wildman–Crippen MR) is 80.8 cm³/mol. The van der Waals surface area contributed by atoms with Crippen molar-refractivity contribution in [2.24, 2.45) is 5.92 Å². The summed E-state index contributed by atoms with van der Waals surface area (Å²) in [6.07, 6.45) is 0.379. The number of hydrogen-bond donors (Lipinski definition) is 3. The predicted octanol–water partition coefficient (Wildman–Crippen LogP) is 2.62. The standard InChI is InChI=1S/C15H22N2O4/c1-9(2)7-13(14(18)19)17-15(20)16-12-6-5-11(21-4)8-10(12)3/h5-6,8-9,13H,7H2,1-4H3,(H,18,19)(H2,16,17,20)/t13-/m0/s1. The highest BCUT2D eigenvalue weighted by molar-refractivity contribution is 5.92. The number of ether oxygens (including phenoxy) is 1. The molecule has 21 heavy (non-hydrogen) atoms. The molecule has 3 N–H and O–H groups in total. The summed E-state index contributed by atoms with van der Waals surface area (Å²) in [6, 6.07) is 3.80. The van der Waals surface area contributed by atoms with Crippen LogP contribution in [-0.4, -0.2) is 30.3 Å². The molecule has 0 aliphatic heterocycles. The highest BCUT2D eigenvalue weighted by Gasteiger charge is 2.21. The average Bonchev–Trinajstić information content (AvgIpc) is 2.39. The van der Waals surface area contributed by atoms with Crippen molar-refractivity contribution in [3.05, 3.63) is 23.8 Å². The summed E-state index contributed by atoms with van der Waals surface area (Å²) in [4.78, 5) is 23.0. The molecule has 0 aromatic heterocycles. The summed E-state index contributed by atoms with van der Waals surface area (Å²) in [7, 11) is 1.57. The minimum absolute atomic E-state index is 0.175. The van der Waals surface area contributed by atoms with E-state index in [0.29, 0.717) is 17.9 Å². The number of nitrogens with one attached hydrogen (secondary N) is 2. The van der Waals surface area contributed by atoms with Gasteiger partial charge in [0.1, 0.15) is 11.8 Å². The van der Waals surface area contributed by atoms with Crippen LogP contribution >= 0.6 is 0 Å². The van der Waals surface area contributed by atoms with Crippen LogP contribution in [0, 0.1) is 12.8 Å². The number of carbonyl (C=O) groups is 2. The quantitative estimate of drug-likeness (QED) is 0.752. The number of urea groups is 1. The number of aryl methyl sites for hydroxylation is 1. The largest absolute Gasteiger partial charge is 0.497 e. The number of aliphatic carboxylic acids is 1. The van der Waals surface area contributed by atoms with Crippen molar-refractivity contribution in [1.29, 1.82) is 0 Å². The van der Waals surface area contributed by atoms with Crippen LogP contribution in [0.3, 0.4) is 0 Å². The van der Waals surface area contributed by atoms with Crippen molar-refractivity contribution in [3.63, 3.8) is 0 Å². The summed E-state index contributed by atoms with van der Waals surface area (Å²) in [5.41, 5.74) is 1.45. The second-order valence-corrected chi connectivity index (χ2v) is 5.30. The van der Waals surface area contributed by atoms with Gasteiger partial charge in [0.05, 0.1) is 7.11 Å². The number of methoxy groups -OCH3 is 1. The number of rotatable bonds is 6. The Morgan fingerprint density at radius 1 is 1.33 bits per heavy atom. The Hall–Kier alpha value is -2.24. The third kappa shape index (κ3) is 5.33. The van der Waals surface area contributed by atoms with Crippen LogP contribution in [0.1, 0.15) is 25.8 Å². The average molecular weight is 294 g/mol. The first-order chi connectivity index (χ1) is 9.83. The summed E-state index contributed by atoms with van der Waals surface area (Å²) < 4.78 is 5.09. The van der Waals surface area contributed by atoms with Gasteiger partial charge in [-0.2, -0.15) is 0 Å². The fourth-order valence-corrected chi connectivity index (χ4v) is 1.91. The molecular formula is C15H22N2O4. The fourth-order valence-electron chi connectivity index (χ4n) is 1.91. The molecule has 0 fully saturated rings. The smallest absolute Gasteiger partial charge is 0.326 e. The molecule has 0 radical (unpaired) electrons. The van der Waals surface area contributed by atoms with Crippen LogP contribution in [0.5, 0.6) is 5.75 Å². The third-order valence-corrected chi connectivity index (χ3v) is 2.99. The monoisotopic (exact) mass is 294 g/mol. The molecule has 2 amide bonds.